The van der Waals surface area contributed by atoms with Gasteiger partial charge in [0.25, 0.3) is 0 Å². The molecule has 0 aliphatic rings. The van der Waals surface area contributed by atoms with Crippen LogP contribution in [0.1, 0.15) is 18.6 Å². The molecule has 1 rings (SSSR count). The second kappa shape index (κ2) is 4.46. The van der Waals surface area contributed by atoms with Crippen molar-refractivity contribution in [3.63, 3.8) is 0 Å². The van der Waals surface area contributed by atoms with Crippen molar-refractivity contribution in [3.05, 3.63) is 29.3 Å². The fraction of sp³-hybridized carbons (Fsp3) is 0.273. The van der Waals surface area contributed by atoms with Crippen molar-refractivity contribution < 1.29 is 4.74 Å². The minimum atomic E-state index is 0. The Kier molecular flexibility index (Phi) is 3.93. The van der Waals surface area contributed by atoms with Gasteiger partial charge in [0.2, 0.25) is 0 Å². The highest BCUT2D eigenvalue weighted by Gasteiger charge is 1.96. The molecular weight excluding hydrogens is 148 g/mol. The summed E-state index contributed by atoms with van der Waals surface area (Å²) in [6, 6.07) is 5.94. The van der Waals surface area contributed by atoms with Gasteiger partial charge in [0.05, 0.1) is 0 Å². The Bertz CT molecular complexity index is 294. The minimum Gasteiger partial charge on any atom is -0.408 e. The number of hydrogen-bond donors (Lipinski definition) is 0. The molecule has 0 fully saturated rings. The van der Waals surface area contributed by atoms with Gasteiger partial charge in [-0.3, -0.25) is 0 Å². The summed E-state index contributed by atoms with van der Waals surface area (Å²) < 4.78 is 4.95. The molecule has 0 saturated heterocycles. The zero-order chi connectivity index (χ0) is 8.27. The molecule has 12 heavy (non-hydrogen) atoms. The third-order valence-corrected chi connectivity index (χ3v) is 1.51. The molecule has 1 aromatic rings. The monoisotopic (exact) mass is 162 g/mol. The van der Waals surface area contributed by atoms with Gasteiger partial charge in [0.15, 0.2) is 0 Å². The van der Waals surface area contributed by atoms with Crippen LogP contribution < -0.4 is 4.74 Å². The van der Waals surface area contributed by atoms with E-state index in [2.05, 4.69) is 6.11 Å². The number of ether oxygens (including phenoxy) is 1. The van der Waals surface area contributed by atoms with Crippen LogP contribution >= 0.6 is 0 Å². The zero-order valence-electron chi connectivity index (χ0n) is 6.72. The molecule has 1 aromatic carbocycles. The van der Waals surface area contributed by atoms with Gasteiger partial charge < -0.3 is 4.74 Å². The lowest BCUT2D eigenvalue weighted by Gasteiger charge is -2.02. The van der Waals surface area contributed by atoms with Crippen LogP contribution in [0.25, 0.3) is 0 Å². The topological polar surface area (TPSA) is 9.23 Å². The van der Waals surface area contributed by atoms with Crippen molar-refractivity contribution in [2.24, 2.45) is 0 Å². The Labute approximate surface area is 74.4 Å². The third kappa shape index (κ3) is 2.32. The van der Waals surface area contributed by atoms with Gasteiger partial charge in [-0.2, -0.15) is 0 Å². The number of rotatable bonds is 1. The van der Waals surface area contributed by atoms with Gasteiger partial charge in [-0.15, -0.1) is 0 Å². The Hall–Kier alpha value is -1.42. The second-order valence-electron chi connectivity index (χ2n) is 2.49. The zero-order valence-corrected chi connectivity index (χ0v) is 6.72. The van der Waals surface area contributed by atoms with Crippen molar-refractivity contribution in [2.45, 2.75) is 21.3 Å². The highest BCUT2D eigenvalue weighted by Crippen LogP contribution is 2.18. The first kappa shape index (κ1) is 10.6. The molecular formula is C11H14O. The largest absolute Gasteiger partial charge is 0.408 e. The predicted molar refractivity (Wildman–Crippen MR) is 52.1 cm³/mol. The summed E-state index contributed by atoms with van der Waals surface area (Å²) in [5.41, 5.74) is 2.22. The summed E-state index contributed by atoms with van der Waals surface area (Å²) in [6.07, 6.45) is 7.16. The van der Waals surface area contributed by atoms with Gasteiger partial charge in [-0.25, -0.2) is 0 Å². The average Bonchev–Trinajstić information content (AvgIpc) is 1.98. The highest BCUT2D eigenvalue weighted by molar-refractivity contribution is 5.36. The summed E-state index contributed by atoms with van der Waals surface area (Å²) in [4.78, 5) is 0. The molecule has 1 heteroatoms. The van der Waals surface area contributed by atoms with Crippen LogP contribution in [0.15, 0.2) is 18.2 Å². The van der Waals surface area contributed by atoms with E-state index in [1.807, 2.05) is 32.0 Å². The van der Waals surface area contributed by atoms with Crippen LogP contribution in [0, 0.1) is 26.4 Å². The molecule has 0 spiro atoms. The summed E-state index contributed by atoms with van der Waals surface area (Å²) in [5, 5.41) is 0. The molecule has 0 bridgehead atoms. The first-order valence-corrected chi connectivity index (χ1v) is 3.43. The molecule has 0 unspecified atom stereocenters. The molecule has 0 radical (unpaired) electrons. The Morgan fingerprint density at radius 3 is 2.58 bits per heavy atom. The van der Waals surface area contributed by atoms with Crippen LogP contribution in [0.4, 0.5) is 0 Å². The molecule has 0 atom stereocenters. The lowest BCUT2D eigenvalue weighted by molar-refractivity contribution is 0.516. The van der Waals surface area contributed by atoms with Crippen LogP contribution in [0.2, 0.25) is 0 Å². The lowest BCUT2D eigenvalue weighted by Crippen LogP contribution is -1.86. The first-order chi connectivity index (χ1) is 5.24. The molecule has 0 N–H and O–H groups in total. The maximum atomic E-state index is 5.01. The van der Waals surface area contributed by atoms with E-state index < -0.39 is 0 Å². The van der Waals surface area contributed by atoms with Crippen LogP contribution in [-0.2, 0) is 0 Å². The van der Waals surface area contributed by atoms with E-state index in [1.165, 1.54) is 0 Å². The fourth-order valence-electron chi connectivity index (χ4n) is 0.881. The number of hydrogen-bond acceptors (Lipinski definition) is 1. The maximum Gasteiger partial charge on any atom is 0.143 e. The Balaban J connectivity index is 0.00000121. The molecule has 1 nitrogen and oxygen atoms in total. The number of benzene rings is 1. The molecule has 0 amide bonds. The third-order valence-electron chi connectivity index (χ3n) is 1.51. The standard InChI is InChI=1S/C10H10O.CH4/c1-4-11-10-7-8(2)5-6-9(10)3;/h1,5-7H,2-3H3;1H4. The molecule has 0 saturated carbocycles. The van der Waals surface area contributed by atoms with E-state index in [0.29, 0.717) is 0 Å². The molecule has 0 aromatic heterocycles. The maximum absolute atomic E-state index is 5.01. The van der Waals surface area contributed by atoms with E-state index in [9.17, 15) is 0 Å². The van der Waals surface area contributed by atoms with Crippen LogP contribution in [0.5, 0.6) is 5.75 Å². The second-order valence-corrected chi connectivity index (χ2v) is 2.49. The fourth-order valence-corrected chi connectivity index (χ4v) is 0.881. The van der Waals surface area contributed by atoms with Gasteiger partial charge >= 0.3 is 0 Å². The molecule has 64 valence electrons. The van der Waals surface area contributed by atoms with E-state index in [4.69, 9.17) is 11.2 Å². The summed E-state index contributed by atoms with van der Waals surface area (Å²) >= 11 is 0. The quantitative estimate of drug-likeness (QED) is 0.577. The first-order valence-electron chi connectivity index (χ1n) is 3.43. The van der Waals surface area contributed by atoms with Gasteiger partial charge in [0, 0.05) is 0 Å². The van der Waals surface area contributed by atoms with Crippen molar-refractivity contribution in [1.29, 1.82) is 0 Å². The smallest absolute Gasteiger partial charge is 0.143 e. The molecule has 0 aliphatic heterocycles. The van der Waals surface area contributed by atoms with Gasteiger partial charge in [-0.1, -0.05) is 26.0 Å². The molecule has 0 heterocycles. The number of terminal acetylenes is 1. The van der Waals surface area contributed by atoms with E-state index >= 15 is 0 Å². The Morgan fingerprint density at radius 1 is 1.33 bits per heavy atom. The predicted octanol–water partition coefficient (Wildman–Crippen LogP) is 2.91. The number of aryl methyl sites for hydroxylation is 2. The van der Waals surface area contributed by atoms with E-state index in [1.54, 1.807) is 0 Å². The van der Waals surface area contributed by atoms with E-state index in [-0.39, 0.29) is 7.43 Å². The van der Waals surface area contributed by atoms with Crippen LogP contribution in [-0.4, -0.2) is 0 Å². The Morgan fingerprint density at radius 2 is 2.00 bits per heavy atom. The van der Waals surface area contributed by atoms with Gasteiger partial charge in [-0.05, 0) is 31.0 Å². The van der Waals surface area contributed by atoms with Crippen molar-refractivity contribution >= 4 is 0 Å². The minimum absolute atomic E-state index is 0. The van der Waals surface area contributed by atoms with Gasteiger partial charge in [0.1, 0.15) is 11.9 Å². The normalized spacial score (nSPS) is 8.08. The van der Waals surface area contributed by atoms with Crippen molar-refractivity contribution in [2.75, 3.05) is 0 Å². The van der Waals surface area contributed by atoms with Crippen molar-refractivity contribution in [3.8, 4) is 18.3 Å². The van der Waals surface area contributed by atoms with Crippen LogP contribution in [0.3, 0.4) is 0 Å². The summed E-state index contributed by atoms with van der Waals surface area (Å²) in [7, 11) is 0. The van der Waals surface area contributed by atoms with Crippen molar-refractivity contribution in [1.82, 2.24) is 0 Å². The average molecular weight is 162 g/mol. The van der Waals surface area contributed by atoms with E-state index in [0.717, 1.165) is 16.9 Å². The highest BCUT2D eigenvalue weighted by atomic mass is 16.5. The SMILES string of the molecule is C.C#COc1cc(C)ccc1C. The summed E-state index contributed by atoms with van der Waals surface area (Å²) in [5.74, 6) is 0.771. The lowest BCUT2D eigenvalue weighted by atomic mass is 10.1. The summed E-state index contributed by atoms with van der Waals surface area (Å²) in [6.45, 7) is 3.97. The molecule has 0 aliphatic carbocycles.